The maximum absolute atomic E-state index is 11.6. The molecule has 1 saturated carbocycles. The predicted octanol–water partition coefficient (Wildman–Crippen LogP) is 3.01. The van der Waals surface area contributed by atoms with Crippen molar-refractivity contribution in [2.45, 2.75) is 46.5 Å². The second-order valence-corrected chi connectivity index (χ2v) is 4.63. The van der Waals surface area contributed by atoms with Gasteiger partial charge in [-0.1, -0.05) is 20.8 Å². The summed E-state index contributed by atoms with van der Waals surface area (Å²) in [6, 6.07) is 0. The van der Waals surface area contributed by atoms with Crippen LogP contribution in [0.2, 0.25) is 0 Å². The fourth-order valence-corrected chi connectivity index (χ4v) is 2.08. The van der Waals surface area contributed by atoms with Crippen molar-refractivity contribution in [3.05, 3.63) is 0 Å². The molecule has 1 aliphatic carbocycles. The molecule has 1 aliphatic rings. The maximum Gasteiger partial charge on any atom is 0.308 e. The van der Waals surface area contributed by atoms with Crippen molar-refractivity contribution in [3.63, 3.8) is 0 Å². The van der Waals surface area contributed by atoms with Gasteiger partial charge in [0.15, 0.2) is 0 Å². The van der Waals surface area contributed by atoms with E-state index in [4.69, 9.17) is 4.74 Å². The molecule has 3 atom stereocenters. The molecule has 0 aromatic heterocycles. The number of hydrogen-bond acceptors (Lipinski definition) is 2. The van der Waals surface area contributed by atoms with Crippen molar-refractivity contribution in [1.29, 1.82) is 0 Å². The van der Waals surface area contributed by atoms with E-state index in [1.54, 1.807) is 0 Å². The van der Waals surface area contributed by atoms with Crippen molar-refractivity contribution in [1.82, 2.24) is 0 Å². The summed E-state index contributed by atoms with van der Waals surface area (Å²) in [5.41, 5.74) is 0. The Bertz CT molecular complexity index is 189. The molecule has 2 heteroatoms. The number of hydrogen-bond donors (Lipinski definition) is 0. The average molecular weight is 198 g/mol. The molecule has 0 spiro atoms. The summed E-state index contributed by atoms with van der Waals surface area (Å²) < 4.78 is 5.18. The second kappa shape index (κ2) is 5.38. The number of carbonyl (C=O) groups excluding carboxylic acids is 1. The predicted molar refractivity (Wildman–Crippen MR) is 56.9 cm³/mol. The topological polar surface area (TPSA) is 26.3 Å². The third kappa shape index (κ3) is 3.00. The zero-order valence-electron chi connectivity index (χ0n) is 9.58. The van der Waals surface area contributed by atoms with Gasteiger partial charge in [-0.15, -0.1) is 0 Å². The highest BCUT2D eigenvalue weighted by Crippen LogP contribution is 2.33. The highest BCUT2D eigenvalue weighted by atomic mass is 16.5. The van der Waals surface area contributed by atoms with Gasteiger partial charge >= 0.3 is 5.97 Å². The van der Waals surface area contributed by atoms with Gasteiger partial charge in [-0.2, -0.15) is 0 Å². The van der Waals surface area contributed by atoms with E-state index in [1.807, 2.05) is 6.92 Å². The van der Waals surface area contributed by atoms with Crippen LogP contribution in [0.25, 0.3) is 0 Å². The van der Waals surface area contributed by atoms with Gasteiger partial charge in [0.1, 0.15) is 0 Å². The zero-order chi connectivity index (χ0) is 10.6. The van der Waals surface area contributed by atoms with Crippen molar-refractivity contribution in [2.24, 2.45) is 17.8 Å². The van der Waals surface area contributed by atoms with Crippen LogP contribution in [0, 0.1) is 17.8 Å². The third-order valence-corrected chi connectivity index (χ3v) is 3.38. The molecule has 3 unspecified atom stereocenters. The molecule has 0 N–H and O–H groups in total. The summed E-state index contributed by atoms with van der Waals surface area (Å²) in [5, 5.41) is 0. The summed E-state index contributed by atoms with van der Waals surface area (Å²) in [5.74, 6) is 1.64. The van der Waals surface area contributed by atoms with Crippen molar-refractivity contribution < 1.29 is 9.53 Å². The maximum atomic E-state index is 11.6. The quantitative estimate of drug-likeness (QED) is 0.652. The second-order valence-electron chi connectivity index (χ2n) is 4.63. The Hall–Kier alpha value is -0.530. The molecule has 0 amide bonds. The molecule has 0 aromatic rings. The molecule has 1 fully saturated rings. The average Bonchev–Trinajstić information content (AvgIpc) is 2.18. The SMILES string of the molecule is CCCOC(=O)C1CCC(C)C(C)C1. The number of ether oxygens (including phenoxy) is 1. The van der Waals surface area contributed by atoms with E-state index in [1.165, 1.54) is 6.42 Å². The Kier molecular flexibility index (Phi) is 4.43. The van der Waals surface area contributed by atoms with E-state index in [0.717, 1.165) is 25.2 Å². The molecule has 14 heavy (non-hydrogen) atoms. The van der Waals surface area contributed by atoms with E-state index in [2.05, 4.69) is 13.8 Å². The Morgan fingerprint density at radius 1 is 1.29 bits per heavy atom. The summed E-state index contributed by atoms with van der Waals surface area (Å²) in [6.45, 7) is 7.13. The fourth-order valence-electron chi connectivity index (χ4n) is 2.08. The van der Waals surface area contributed by atoms with Crippen molar-refractivity contribution in [3.8, 4) is 0 Å². The van der Waals surface area contributed by atoms with Crippen LogP contribution in [0.1, 0.15) is 46.5 Å². The fraction of sp³-hybridized carbons (Fsp3) is 0.917. The zero-order valence-corrected chi connectivity index (χ0v) is 9.58. The first-order valence-electron chi connectivity index (χ1n) is 5.81. The van der Waals surface area contributed by atoms with Crippen LogP contribution in [0.3, 0.4) is 0 Å². The lowest BCUT2D eigenvalue weighted by molar-refractivity contribution is -0.150. The molecule has 0 radical (unpaired) electrons. The molecule has 2 nitrogen and oxygen atoms in total. The minimum absolute atomic E-state index is 0.0330. The van der Waals surface area contributed by atoms with Crippen LogP contribution >= 0.6 is 0 Å². The molecule has 0 bridgehead atoms. The highest BCUT2D eigenvalue weighted by molar-refractivity contribution is 5.72. The summed E-state index contributed by atoms with van der Waals surface area (Å²) in [7, 11) is 0. The number of carbonyl (C=O) groups is 1. The van der Waals surface area contributed by atoms with Gasteiger partial charge < -0.3 is 4.74 Å². The Morgan fingerprint density at radius 3 is 2.57 bits per heavy atom. The normalized spacial score (nSPS) is 32.6. The minimum Gasteiger partial charge on any atom is -0.465 e. The van der Waals surface area contributed by atoms with Gasteiger partial charge in [0.2, 0.25) is 0 Å². The van der Waals surface area contributed by atoms with Crippen LogP contribution in [-0.2, 0) is 9.53 Å². The van der Waals surface area contributed by atoms with Gasteiger partial charge in [0, 0.05) is 0 Å². The van der Waals surface area contributed by atoms with Crippen LogP contribution in [0.15, 0.2) is 0 Å². The highest BCUT2D eigenvalue weighted by Gasteiger charge is 2.29. The first-order valence-corrected chi connectivity index (χ1v) is 5.81. The first-order chi connectivity index (χ1) is 6.65. The van der Waals surface area contributed by atoms with Crippen LogP contribution in [0.4, 0.5) is 0 Å². The Balaban J connectivity index is 2.34. The number of esters is 1. The van der Waals surface area contributed by atoms with Crippen molar-refractivity contribution >= 4 is 5.97 Å². The summed E-state index contributed by atoms with van der Waals surface area (Å²) in [6.07, 6.45) is 4.13. The van der Waals surface area contributed by atoms with Gasteiger partial charge in [-0.05, 0) is 37.5 Å². The van der Waals surface area contributed by atoms with Gasteiger partial charge in [0.05, 0.1) is 12.5 Å². The van der Waals surface area contributed by atoms with E-state index in [9.17, 15) is 4.79 Å². The van der Waals surface area contributed by atoms with E-state index in [-0.39, 0.29) is 11.9 Å². The Morgan fingerprint density at radius 2 is 2.00 bits per heavy atom. The number of rotatable bonds is 3. The third-order valence-electron chi connectivity index (χ3n) is 3.38. The lowest BCUT2D eigenvalue weighted by Gasteiger charge is -2.30. The van der Waals surface area contributed by atoms with Crippen molar-refractivity contribution in [2.75, 3.05) is 6.61 Å². The standard InChI is InChI=1S/C12H22O2/c1-4-7-14-12(13)11-6-5-9(2)10(3)8-11/h9-11H,4-8H2,1-3H3. The Labute approximate surface area is 87.0 Å². The smallest absolute Gasteiger partial charge is 0.308 e. The molecule has 0 aromatic carbocycles. The van der Waals surface area contributed by atoms with Crippen LogP contribution < -0.4 is 0 Å². The molecule has 0 saturated heterocycles. The van der Waals surface area contributed by atoms with Gasteiger partial charge in [-0.25, -0.2) is 0 Å². The largest absolute Gasteiger partial charge is 0.465 e. The summed E-state index contributed by atoms with van der Waals surface area (Å²) in [4.78, 5) is 11.6. The lowest BCUT2D eigenvalue weighted by Crippen LogP contribution is -2.27. The van der Waals surface area contributed by atoms with Crippen LogP contribution in [0.5, 0.6) is 0 Å². The minimum atomic E-state index is 0.0330. The molecular weight excluding hydrogens is 176 g/mol. The first kappa shape index (κ1) is 11.5. The molecular formula is C12H22O2. The molecule has 1 rings (SSSR count). The van der Waals surface area contributed by atoms with E-state index >= 15 is 0 Å². The monoisotopic (exact) mass is 198 g/mol. The van der Waals surface area contributed by atoms with E-state index in [0.29, 0.717) is 12.5 Å². The lowest BCUT2D eigenvalue weighted by atomic mass is 9.76. The molecule has 82 valence electrons. The van der Waals surface area contributed by atoms with Gasteiger partial charge in [0.25, 0.3) is 0 Å². The van der Waals surface area contributed by atoms with E-state index < -0.39 is 0 Å². The summed E-state index contributed by atoms with van der Waals surface area (Å²) >= 11 is 0. The van der Waals surface area contributed by atoms with Crippen LogP contribution in [-0.4, -0.2) is 12.6 Å². The van der Waals surface area contributed by atoms with Gasteiger partial charge in [-0.3, -0.25) is 4.79 Å². The molecule has 0 heterocycles. The molecule has 0 aliphatic heterocycles.